The van der Waals surface area contributed by atoms with E-state index in [1.807, 2.05) is 16.7 Å². The van der Waals surface area contributed by atoms with Crippen LogP contribution in [0.25, 0.3) is 0 Å². The number of hydrogen-bond donors (Lipinski definition) is 0. The Balaban J connectivity index is 1.27. The molecule has 0 saturated carbocycles. The van der Waals surface area contributed by atoms with E-state index in [0.29, 0.717) is 41.8 Å². The maximum absolute atomic E-state index is 13.5. The van der Waals surface area contributed by atoms with Crippen LogP contribution in [-0.2, 0) is 11.2 Å². The maximum Gasteiger partial charge on any atom is 0.254 e. The summed E-state index contributed by atoms with van der Waals surface area (Å²) in [5.41, 5.74) is 4.27. The first-order chi connectivity index (χ1) is 17.3. The average molecular weight is 543 g/mol. The lowest BCUT2D eigenvalue weighted by Gasteiger charge is -2.42. The zero-order valence-electron chi connectivity index (χ0n) is 20.4. The molecule has 5 rings (SSSR count). The summed E-state index contributed by atoms with van der Waals surface area (Å²) in [6, 6.07) is 15.8. The second kappa shape index (κ2) is 10.5. The molecule has 0 N–H and O–H groups in total. The molecular formula is C28H29Cl2N3O2S. The van der Waals surface area contributed by atoms with Gasteiger partial charge >= 0.3 is 0 Å². The third kappa shape index (κ3) is 5.05. The van der Waals surface area contributed by atoms with Crippen LogP contribution in [-0.4, -0.2) is 65.3 Å². The molecule has 3 heterocycles. The van der Waals surface area contributed by atoms with Crippen molar-refractivity contribution < 1.29 is 9.59 Å². The fourth-order valence-electron chi connectivity index (χ4n) is 5.23. The fourth-order valence-corrected chi connectivity index (χ4v) is 6.43. The molecule has 36 heavy (non-hydrogen) atoms. The molecule has 0 unspecified atom stereocenters. The largest absolute Gasteiger partial charge is 0.338 e. The molecule has 2 atom stereocenters. The summed E-state index contributed by atoms with van der Waals surface area (Å²) >= 11 is 13.9. The van der Waals surface area contributed by atoms with Crippen LogP contribution in [0.15, 0.2) is 53.9 Å². The van der Waals surface area contributed by atoms with Gasteiger partial charge in [-0.25, -0.2) is 0 Å². The molecule has 1 saturated heterocycles. The number of carbonyl (C=O) groups excluding carboxylic acids is 2. The number of fused-ring (bicyclic) bond motifs is 1. The second-order valence-electron chi connectivity index (χ2n) is 9.65. The Kier molecular flexibility index (Phi) is 7.40. The van der Waals surface area contributed by atoms with Crippen molar-refractivity contribution in [2.75, 3.05) is 32.7 Å². The van der Waals surface area contributed by atoms with Gasteiger partial charge in [0, 0.05) is 42.7 Å². The molecule has 2 aliphatic heterocycles. The van der Waals surface area contributed by atoms with Crippen LogP contribution in [0.4, 0.5) is 0 Å². The van der Waals surface area contributed by atoms with Gasteiger partial charge in [-0.3, -0.25) is 14.5 Å². The average Bonchev–Trinajstić information content (AvgIpc) is 3.35. The van der Waals surface area contributed by atoms with E-state index in [0.717, 1.165) is 13.0 Å². The van der Waals surface area contributed by atoms with Crippen molar-refractivity contribution in [1.29, 1.82) is 0 Å². The first-order valence-electron chi connectivity index (χ1n) is 12.2. The quantitative estimate of drug-likeness (QED) is 0.426. The predicted octanol–water partition coefficient (Wildman–Crippen LogP) is 5.68. The summed E-state index contributed by atoms with van der Waals surface area (Å²) in [5.74, 6) is 0.0212. The lowest BCUT2D eigenvalue weighted by molar-refractivity contribution is -0.135. The molecule has 0 spiro atoms. The lowest BCUT2D eigenvalue weighted by atomic mass is 9.92. The Bertz CT molecular complexity index is 1280. The number of nitrogens with zero attached hydrogens (tertiary/aromatic N) is 3. The maximum atomic E-state index is 13.5. The lowest BCUT2D eigenvalue weighted by Crippen LogP contribution is -2.57. The summed E-state index contributed by atoms with van der Waals surface area (Å²) < 4.78 is 0. The van der Waals surface area contributed by atoms with Crippen LogP contribution in [0.1, 0.15) is 44.9 Å². The summed E-state index contributed by atoms with van der Waals surface area (Å²) in [6.45, 7) is 6.81. The molecule has 0 aliphatic carbocycles. The van der Waals surface area contributed by atoms with Gasteiger partial charge in [0.2, 0.25) is 5.91 Å². The van der Waals surface area contributed by atoms with Gasteiger partial charge in [-0.05, 0) is 61.0 Å². The highest BCUT2D eigenvalue weighted by atomic mass is 35.5. The van der Waals surface area contributed by atoms with Gasteiger partial charge in [0.05, 0.1) is 22.6 Å². The fraction of sp³-hybridized carbons (Fsp3) is 0.357. The molecule has 1 aromatic heterocycles. The van der Waals surface area contributed by atoms with Gasteiger partial charge in [0.1, 0.15) is 0 Å². The normalized spacial score (nSPS) is 20.3. The Morgan fingerprint density at radius 1 is 1.00 bits per heavy atom. The standard InChI is InChI=1S/C28H29Cl2N3O2S/c1-18-3-5-20(6-4-18)27-22-10-14-36-25(22)9-11-32(27)17-26(34)31-12-13-33(19(2)16-31)28(35)21-7-8-23(29)24(30)15-21/h3-8,10,14-15,19,27H,9,11-13,16-17H2,1-2H3/t19-,27-/m0/s1. The Morgan fingerprint density at radius 3 is 2.50 bits per heavy atom. The van der Waals surface area contributed by atoms with E-state index in [4.69, 9.17) is 23.2 Å². The van der Waals surface area contributed by atoms with Crippen molar-refractivity contribution in [3.05, 3.63) is 91.1 Å². The molecule has 1 fully saturated rings. The zero-order valence-corrected chi connectivity index (χ0v) is 22.7. The number of piperazine rings is 1. The van der Waals surface area contributed by atoms with Gasteiger partial charge in [-0.1, -0.05) is 53.0 Å². The van der Waals surface area contributed by atoms with E-state index < -0.39 is 0 Å². The van der Waals surface area contributed by atoms with Crippen molar-refractivity contribution >= 4 is 46.4 Å². The molecule has 0 bridgehead atoms. The van der Waals surface area contributed by atoms with Crippen LogP contribution in [0.3, 0.4) is 0 Å². The van der Waals surface area contributed by atoms with Crippen molar-refractivity contribution in [2.24, 2.45) is 0 Å². The van der Waals surface area contributed by atoms with E-state index in [1.165, 1.54) is 21.6 Å². The van der Waals surface area contributed by atoms with Gasteiger partial charge < -0.3 is 9.80 Å². The molecule has 2 aromatic carbocycles. The highest BCUT2D eigenvalue weighted by molar-refractivity contribution is 7.10. The summed E-state index contributed by atoms with van der Waals surface area (Å²) in [4.78, 5) is 34.0. The topological polar surface area (TPSA) is 43.9 Å². The molecular weight excluding hydrogens is 513 g/mol. The van der Waals surface area contributed by atoms with Crippen molar-refractivity contribution in [3.8, 4) is 0 Å². The number of halogens is 2. The van der Waals surface area contributed by atoms with Gasteiger partial charge in [0.15, 0.2) is 0 Å². The minimum absolute atomic E-state index is 0.0829. The van der Waals surface area contributed by atoms with E-state index >= 15 is 0 Å². The molecule has 3 aromatic rings. The SMILES string of the molecule is Cc1ccc([C@H]2c3ccsc3CCN2CC(=O)N2CCN(C(=O)c3ccc(Cl)c(Cl)c3)[C@@H](C)C2)cc1. The van der Waals surface area contributed by atoms with Crippen molar-refractivity contribution in [3.63, 3.8) is 0 Å². The van der Waals surface area contributed by atoms with Gasteiger partial charge in [-0.2, -0.15) is 0 Å². The summed E-state index contributed by atoms with van der Waals surface area (Å²) in [7, 11) is 0. The molecule has 2 aliphatic rings. The molecule has 188 valence electrons. The number of carbonyl (C=O) groups is 2. The number of rotatable bonds is 4. The molecule has 2 amide bonds. The Hall–Kier alpha value is -2.38. The number of amides is 2. The van der Waals surface area contributed by atoms with Crippen molar-refractivity contribution in [1.82, 2.24) is 14.7 Å². The van der Waals surface area contributed by atoms with Gasteiger partial charge in [-0.15, -0.1) is 11.3 Å². The number of aryl methyl sites for hydroxylation is 1. The minimum Gasteiger partial charge on any atom is -0.338 e. The highest BCUT2D eigenvalue weighted by Crippen LogP contribution is 2.37. The van der Waals surface area contributed by atoms with Crippen LogP contribution in [0.2, 0.25) is 10.0 Å². The smallest absolute Gasteiger partial charge is 0.254 e. The van der Waals surface area contributed by atoms with E-state index in [2.05, 4.69) is 47.5 Å². The summed E-state index contributed by atoms with van der Waals surface area (Å²) in [5, 5.41) is 2.94. The Labute approximate surface area is 226 Å². The third-order valence-electron chi connectivity index (χ3n) is 7.20. The number of thiophene rings is 1. The van der Waals surface area contributed by atoms with Crippen LogP contribution in [0, 0.1) is 6.92 Å². The molecule has 8 heteroatoms. The highest BCUT2D eigenvalue weighted by Gasteiger charge is 2.34. The monoisotopic (exact) mass is 541 g/mol. The van der Waals surface area contributed by atoms with Crippen LogP contribution < -0.4 is 0 Å². The minimum atomic E-state index is -0.0950. The first kappa shape index (κ1) is 25.3. The second-order valence-corrected chi connectivity index (χ2v) is 11.5. The van der Waals surface area contributed by atoms with Gasteiger partial charge in [0.25, 0.3) is 5.91 Å². The number of benzene rings is 2. The first-order valence-corrected chi connectivity index (χ1v) is 13.9. The zero-order chi connectivity index (χ0) is 25.4. The van der Waals surface area contributed by atoms with Crippen molar-refractivity contribution in [2.45, 2.75) is 32.4 Å². The van der Waals surface area contributed by atoms with E-state index in [1.54, 1.807) is 29.5 Å². The van der Waals surface area contributed by atoms with E-state index in [-0.39, 0.29) is 23.9 Å². The van der Waals surface area contributed by atoms with E-state index in [9.17, 15) is 9.59 Å². The summed E-state index contributed by atoms with van der Waals surface area (Å²) in [6.07, 6.45) is 0.963. The number of hydrogen-bond acceptors (Lipinski definition) is 4. The predicted molar refractivity (Wildman–Crippen MR) is 146 cm³/mol. The molecule has 5 nitrogen and oxygen atoms in total. The Morgan fingerprint density at radius 2 is 1.78 bits per heavy atom. The molecule has 0 radical (unpaired) electrons. The van der Waals surface area contributed by atoms with Crippen LogP contribution >= 0.6 is 34.5 Å². The third-order valence-corrected chi connectivity index (χ3v) is 8.94. The van der Waals surface area contributed by atoms with Crippen LogP contribution in [0.5, 0.6) is 0 Å².